The second-order valence-electron chi connectivity index (χ2n) is 4.07. The maximum atomic E-state index is 5.24. The summed E-state index contributed by atoms with van der Waals surface area (Å²) >= 11 is 0. The summed E-state index contributed by atoms with van der Waals surface area (Å²) in [5.41, 5.74) is 0. The quantitative estimate of drug-likeness (QED) is 0.744. The fraction of sp³-hybridized carbons (Fsp3) is 0.778. The Bertz CT molecular complexity index is 310. The van der Waals surface area contributed by atoms with E-state index < -0.39 is 0 Å². The minimum absolute atomic E-state index is 0.371. The lowest BCUT2D eigenvalue weighted by Gasteiger charge is -2.07. The number of hydrogen-bond donors (Lipinski definition) is 1. The lowest BCUT2D eigenvalue weighted by molar-refractivity contribution is 0.339. The van der Waals surface area contributed by atoms with Crippen LogP contribution in [-0.2, 0) is 0 Å². The van der Waals surface area contributed by atoms with E-state index in [0.717, 1.165) is 19.0 Å². The maximum absolute atomic E-state index is 5.24. The molecule has 78 valence electrons. The highest BCUT2D eigenvalue weighted by molar-refractivity contribution is 5.24. The summed E-state index contributed by atoms with van der Waals surface area (Å²) in [4.78, 5) is 6.20. The molecule has 1 N–H and O–H groups in total. The van der Waals surface area contributed by atoms with Crippen molar-refractivity contribution in [3.63, 3.8) is 0 Å². The van der Waals surface area contributed by atoms with Gasteiger partial charge in [0.1, 0.15) is 0 Å². The minimum Gasteiger partial charge on any atom is -0.344 e. The van der Waals surface area contributed by atoms with E-state index in [1.807, 2.05) is 19.0 Å². The average Bonchev–Trinajstić information content (AvgIpc) is 2.71. The van der Waals surface area contributed by atoms with Crippen molar-refractivity contribution < 1.29 is 4.52 Å². The summed E-state index contributed by atoms with van der Waals surface area (Å²) in [5, 5.41) is 7.22. The molecular weight excluding hydrogens is 180 g/mol. The van der Waals surface area contributed by atoms with Gasteiger partial charge in [-0.25, -0.2) is 0 Å². The summed E-state index contributed by atoms with van der Waals surface area (Å²) in [5.74, 6) is 2.35. The Labute approximate surface area is 83.5 Å². The van der Waals surface area contributed by atoms with Gasteiger partial charge in [0.15, 0.2) is 0 Å². The van der Waals surface area contributed by atoms with Crippen LogP contribution in [0.5, 0.6) is 0 Å². The summed E-state index contributed by atoms with van der Waals surface area (Å²) in [6, 6.07) is 0. The van der Waals surface area contributed by atoms with Crippen LogP contribution in [0.15, 0.2) is 4.52 Å². The lowest BCUT2D eigenvalue weighted by atomic mass is 9.98. The Balaban J connectivity index is 2.16. The van der Waals surface area contributed by atoms with Crippen LogP contribution >= 0.6 is 0 Å². The molecule has 5 nitrogen and oxygen atoms in total. The molecule has 1 aromatic rings. The number of hydrogen-bond acceptors (Lipinski definition) is 5. The van der Waals surface area contributed by atoms with Gasteiger partial charge < -0.3 is 14.7 Å². The summed E-state index contributed by atoms with van der Waals surface area (Å²) < 4.78 is 5.24. The third-order valence-corrected chi connectivity index (χ3v) is 2.67. The van der Waals surface area contributed by atoms with Gasteiger partial charge in [0.2, 0.25) is 5.89 Å². The molecule has 1 aliphatic heterocycles. The standard InChI is InChI=1S/C9H16N4O/c1-6-4-10-5-7(6)8-11-9(12-14-8)13(2)3/h6-7,10H,4-5H2,1-3H3. The zero-order valence-electron chi connectivity index (χ0n) is 8.82. The van der Waals surface area contributed by atoms with E-state index in [1.165, 1.54) is 0 Å². The van der Waals surface area contributed by atoms with Crippen LogP contribution in [0.2, 0.25) is 0 Å². The normalized spacial score (nSPS) is 26.8. The van der Waals surface area contributed by atoms with Crippen molar-refractivity contribution in [2.24, 2.45) is 5.92 Å². The molecule has 0 spiro atoms. The van der Waals surface area contributed by atoms with Crippen LogP contribution < -0.4 is 10.2 Å². The van der Waals surface area contributed by atoms with Gasteiger partial charge in [-0.3, -0.25) is 0 Å². The van der Waals surface area contributed by atoms with Crippen molar-refractivity contribution in [3.8, 4) is 0 Å². The first-order valence-corrected chi connectivity index (χ1v) is 4.90. The van der Waals surface area contributed by atoms with E-state index in [0.29, 0.717) is 17.8 Å². The fourth-order valence-electron chi connectivity index (χ4n) is 1.70. The van der Waals surface area contributed by atoms with Crippen LogP contribution in [0.1, 0.15) is 18.7 Å². The molecule has 1 fully saturated rings. The Hall–Kier alpha value is -1.10. The number of nitrogens with zero attached hydrogens (tertiary/aromatic N) is 3. The zero-order valence-corrected chi connectivity index (χ0v) is 8.82. The maximum Gasteiger partial charge on any atom is 0.265 e. The number of rotatable bonds is 2. The van der Waals surface area contributed by atoms with Gasteiger partial charge in [-0.05, 0) is 17.6 Å². The molecule has 2 atom stereocenters. The fourth-order valence-corrected chi connectivity index (χ4v) is 1.70. The summed E-state index contributed by atoms with van der Waals surface area (Å²) in [7, 11) is 3.82. The van der Waals surface area contributed by atoms with E-state index in [9.17, 15) is 0 Å². The topological polar surface area (TPSA) is 54.2 Å². The minimum atomic E-state index is 0.371. The third kappa shape index (κ3) is 1.59. The van der Waals surface area contributed by atoms with Crippen molar-refractivity contribution in [2.45, 2.75) is 12.8 Å². The van der Waals surface area contributed by atoms with Crippen molar-refractivity contribution in [1.82, 2.24) is 15.5 Å². The van der Waals surface area contributed by atoms with Gasteiger partial charge in [0.25, 0.3) is 5.95 Å². The van der Waals surface area contributed by atoms with Crippen molar-refractivity contribution in [3.05, 3.63) is 5.89 Å². The molecule has 1 saturated heterocycles. The highest BCUT2D eigenvalue weighted by Crippen LogP contribution is 2.26. The molecule has 1 aromatic heterocycles. The highest BCUT2D eigenvalue weighted by atomic mass is 16.5. The second-order valence-corrected chi connectivity index (χ2v) is 4.07. The Morgan fingerprint density at radius 1 is 1.43 bits per heavy atom. The molecule has 2 heterocycles. The summed E-state index contributed by atoms with van der Waals surface area (Å²) in [6.07, 6.45) is 0. The third-order valence-electron chi connectivity index (χ3n) is 2.67. The Kier molecular flexibility index (Phi) is 2.41. The van der Waals surface area contributed by atoms with Crippen molar-refractivity contribution >= 4 is 5.95 Å². The van der Waals surface area contributed by atoms with Crippen LogP contribution in [0, 0.1) is 5.92 Å². The first kappa shape index (κ1) is 9.45. The second kappa shape index (κ2) is 3.57. The summed E-state index contributed by atoms with van der Waals surface area (Å²) in [6.45, 7) is 4.17. The zero-order chi connectivity index (χ0) is 10.1. The Morgan fingerprint density at radius 3 is 2.71 bits per heavy atom. The largest absolute Gasteiger partial charge is 0.344 e. The monoisotopic (exact) mass is 196 g/mol. The van der Waals surface area contributed by atoms with Gasteiger partial charge in [0, 0.05) is 20.6 Å². The van der Waals surface area contributed by atoms with E-state index in [-0.39, 0.29) is 0 Å². The molecule has 2 unspecified atom stereocenters. The molecule has 0 bridgehead atoms. The van der Waals surface area contributed by atoms with Gasteiger partial charge in [-0.2, -0.15) is 4.98 Å². The van der Waals surface area contributed by atoms with Gasteiger partial charge in [0.05, 0.1) is 5.92 Å². The van der Waals surface area contributed by atoms with E-state index >= 15 is 0 Å². The molecule has 0 radical (unpaired) electrons. The molecule has 0 saturated carbocycles. The van der Waals surface area contributed by atoms with Crippen LogP contribution in [-0.4, -0.2) is 37.3 Å². The van der Waals surface area contributed by atoms with E-state index in [2.05, 4.69) is 22.4 Å². The smallest absolute Gasteiger partial charge is 0.265 e. The highest BCUT2D eigenvalue weighted by Gasteiger charge is 2.29. The van der Waals surface area contributed by atoms with Crippen LogP contribution in [0.3, 0.4) is 0 Å². The molecule has 0 amide bonds. The molecule has 0 aliphatic carbocycles. The van der Waals surface area contributed by atoms with Crippen LogP contribution in [0.4, 0.5) is 5.95 Å². The molecular formula is C9H16N4O. The first-order chi connectivity index (χ1) is 6.68. The van der Waals surface area contributed by atoms with Gasteiger partial charge in [-0.1, -0.05) is 6.92 Å². The van der Waals surface area contributed by atoms with E-state index in [1.54, 1.807) is 0 Å². The number of anilines is 1. The molecule has 2 rings (SSSR count). The number of aromatic nitrogens is 2. The van der Waals surface area contributed by atoms with E-state index in [4.69, 9.17) is 4.52 Å². The number of nitrogens with one attached hydrogen (secondary N) is 1. The van der Waals surface area contributed by atoms with Crippen LogP contribution in [0.25, 0.3) is 0 Å². The molecule has 5 heteroatoms. The average molecular weight is 196 g/mol. The Morgan fingerprint density at radius 2 is 2.21 bits per heavy atom. The lowest BCUT2D eigenvalue weighted by Crippen LogP contribution is -2.11. The molecule has 14 heavy (non-hydrogen) atoms. The van der Waals surface area contributed by atoms with Crippen molar-refractivity contribution in [1.29, 1.82) is 0 Å². The predicted octanol–water partition coefficient (Wildman–Crippen LogP) is 0.458. The first-order valence-electron chi connectivity index (χ1n) is 4.90. The SMILES string of the molecule is CC1CNCC1c1nc(N(C)C)no1. The van der Waals surface area contributed by atoms with Gasteiger partial charge in [-0.15, -0.1) is 0 Å². The predicted molar refractivity (Wildman–Crippen MR) is 53.4 cm³/mol. The van der Waals surface area contributed by atoms with Gasteiger partial charge >= 0.3 is 0 Å². The molecule has 0 aromatic carbocycles. The van der Waals surface area contributed by atoms with Crippen molar-refractivity contribution in [2.75, 3.05) is 32.1 Å². The molecule has 1 aliphatic rings.